The summed E-state index contributed by atoms with van der Waals surface area (Å²) in [5.74, 6) is 0.0615. The van der Waals surface area contributed by atoms with E-state index in [1.54, 1.807) is 6.07 Å². The van der Waals surface area contributed by atoms with Crippen molar-refractivity contribution >= 4 is 42.5 Å². The Balaban J connectivity index is 1.81. The van der Waals surface area contributed by atoms with Gasteiger partial charge in [0.05, 0.1) is 0 Å². The monoisotopic (exact) mass is 560 g/mol. The van der Waals surface area contributed by atoms with E-state index < -0.39 is 5.31 Å². The van der Waals surface area contributed by atoms with Gasteiger partial charge in [-0.15, -0.1) is 0 Å². The van der Waals surface area contributed by atoms with Crippen molar-refractivity contribution in [2.45, 2.75) is 39.5 Å². The second kappa shape index (κ2) is 11.1. The van der Waals surface area contributed by atoms with E-state index in [1.165, 1.54) is 22.8 Å². The zero-order chi connectivity index (χ0) is 25.6. The molecule has 0 bridgehead atoms. The first-order valence-electron chi connectivity index (χ1n) is 12.6. The fourth-order valence-electron chi connectivity index (χ4n) is 5.34. The SMILES string of the molecule is CCCc1c(CCCP(Br)(c2ccccc2)(c2ccccc2)c2ccccc2)ccc(C(C)=O)c1O. The van der Waals surface area contributed by atoms with Crippen LogP contribution in [0.25, 0.3) is 0 Å². The molecule has 2 nitrogen and oxygen atoms in total. The van der Waals surface area contributed by atoms with Crippen LogP contribution in [0.2, 0.25) is 0 Å². The summed E-state index contributed by atoms with van der Waals surface area (Å²) >= 11 is 4.52. The molecule has 0 atom stereocenters. The fourth-order valence-corrected chi connectivity index (χ4v) is 13.0. The Morgan fingerprint density at radius 1 is 0.750 bits per heavy atom. The van der Waals surface area contributed by atoms with Crippen LogP contribution < -0.4 is 15.9 Å². The number of ketones is 1. The average molecular weight is 562 g/mol. The van der Waals surface area contributed by atoms with Gasteiger partial charge in [0.2, 0.25) is 0 Å². The number of phenolic OH excluding ortho intramolecular Hbond substituents is 1. The summed E-state index contributed by atoms with van der Waals surface area (Å²) in [5.41, 5.74) is 2.46. The van der Waals surface area contributed by atoms with Crippen LogP contribution in [-0.2, 0) is 12.8 Å². The Morgan fingerprint density at radius 2 is 1.22 bits per heavy atom. The summed E-state index contributed by atoms with van der Waals surface area (Å²) in [6.45, 7) is 3.62. The van der Waals surface area contributed by atoms with Crippen molar-refractivity contribution in [3.05, 3.63) is 120 Å². The molecule has 0 aliphatic carbocycles. The molecule has 4 rings (SSSR count). The predicted molar refractivity (Wildman–Crippen MR) is 159 cm³/mol. The summed E-state index contributed by atoms with van der Waals surface area (Å²) < 4.78 is 0. The number of benzene rings is 4. The van der Waals surface area contributed by atoms with Crippen molar-refractivity contribution in [1.29, 1.82) is 0 Å². The molecule has 4 heteroatoms. The van der Waals surface area contributed by atoms with Gasteiger partial charge in [0, 0.05) is 0 Å². The van der Waals surface area contributed by atoms with Gasteiger partial charge >= 0.3 is 224 Å². The third-order valence-corrected chi connectivity index (χ3v) is 17.2. The molecule has 0 aromatic heterocycles. The number of aromatic hydroxyl groups is 1. The molecule has 0 amide bonds. The Morgan fingerprint density at radius 3 is 1.64 bits per heavy atom. The first-order valence-corrected chi connectivity index (χ1v) is 17.1. The van der Waals surface area contributed by atoms with Gasteiger partial charge < -0.3 is 0 Å². The average Bonchev–Trinajstić information content (AvgIpc) is 2.92. The van der Waals surface area contributed by atoms with Crippen LogP contribution in [0, 0.1) is 0 Å². The quantitative estimate of drug-likeness (QED) is 0.163. The third kappa shape index (κ3) is 4.80. The van der Waals surface area contributed by atoms with Crippen LogP contribution in [0.5, 0.6) is 5.75 Å². The molecule has 1 N–H and O–H groups in total. The Kier molecular flexibility index (Phi) is 8.13. The molecule has 0 heterocycles. The molecule has 4 aromatic carbocycles. The van der Waals surface area contributed by atoms with E-state index in [0.717, 1.165) is 43.0 Å². The van der Waals surface area contributed by atoms with E-state index in [9.17, 15) is 9.90 Å². The summed E-state index contributed by atoms with van der Waals surface area (Å²) in [6.07, 6.45) is 4.37. The summed E-state index contributed by atoms with van der Waals surface area (Å²) in [6, 6.07) is 36.3. The first-order chi connectivity index (χ1) is 17.4. The van der Waals surface area contributed by atoms with Gasteiger partial charge in [-0.05, 0) is 0 Å². The van der Waals surface area contributed by atoms with Gasteiger partial charge in [-0.25, -0.2) is 0 Å². The predicted octanol–water partition coefficient (Wildman–Crippen LogP) is 7.32. The van der Waals surface area contributed by atoms with Crippen molar-refractivity contribution in [1.82, 2.24) is 0 Å². The minimum atomic E-state index is -2.98. The van der Waals surface area contributed by atoms with E-state index in [1.807, 2.05) is 6.07 Å². The molecule has 186 valence electrons. The number of rotatable bonds is 10. The van der Waals surface area contributed by atoms with Gasteiger partial charge in [0.15, 0.2) is 0 Å². The number of aryl methyl sites for hydroxylation is 1. The van der Waals surface area contributed by atoms with E-state index in [0.29, 0.717) is 5.56 Å². The Hall–Kier alpha value is -2.74. The molecule has 0 radical (unpaired) electrons. The van der Waals surface area contributed by atoms with Crippen molar-refractivity contribution in [3.63, 3.8) is 0 Å². The van der Waals surface area contributed by atoms with Crippen LogP contribution in [0.4, 0.5) is 0 Å². The molecule has 36 heavy (non-hydrogen) atoms. The number of halogens is 1. The van der Waals surface area contributed by atoms with Gasteiger partial charge in [-0.2, -0.15) is 0 Å². The fraction of sp³-hybridized carbons (Fsp3) is 0.219. The number of carbonyl (C=O) groups excluding carboxylic acids is 1. The van der Waals surface area contributed by atoms with Crippen molar-refractivity contribution in [3.8, 4) is 5.75 Å². The maximum absolute atomic E-state index is 12.0. The Labute approximate surface area is 223 Å². The molecule has 0 aliphatic heterocycles. The number of hydrogen-bond donors (Lipinski definition) is 1. The van der Waals surface area contributed by atoms with Gasteiger partial charge in [0.1, 0.15) is 0 Å². The van der Waals surface area contributed by atoms with E-state index in [2.05, 4.69) is 113 Å². The summed E-state index contributed by atoms with van der Waals surface area (Å²) in [4.78, 5) is 12.0. The summed E-state index contributed by atoms with van der Waals surface area (Å²) in [7, 11) is 0. The second-order valence-corrected chi connectivity index (χ2v) is 18.5. The molecule has 0 saturated carbocycles. The molecular weight excluding hydrogens is 527 g/mol. The molecule has 4 aromatic rings. The van der Waals surface area contributed by atoms with Gasteiger partial charge in [-0.3, -0.25) is 0 Å². The molecular formula is C32H34BrO2P. The van der Waals surface area contributed by atoms with Crippen LogP contribution in [0.1, 0.15) is 48.2 Å². The topological polar surface area (TPSA) is 37.3 Å². The van der Waals surface area contributed by atoms with Crippen molar-refractivity contribution < 1.29 is 9.90 Å². The number of carbonyl (C=O) groups is 1. The van der Waals surface area contributed by atoms with E-state index in [4.69, 9.17) is 0 Å². The van der Waals surface area contributed by atoms with Crippen LogP contribution in [0.15, 0.2) is 103 Å². The molecule has 0 aliphatic rings. The first kappa shape index (κ1) is 26.3. The number of phenols is 1. The van der Waals surface area contributed by atoms with Gasteiger partial charge in [-0.1, -0.05) is 0 Å². The summed E-state index contributed by atoms with van der Waals surface area (Å²) in [5, 5.41) is 11.8. The normalized spacial score (nSPS) is 12.6. The standard InChI is InChI=1S/C32H34BrO2P/c1-3-14-31-26(22-23-30(25(2)34)32(31)35)15-13-24-36(33,27-16-7-4-8-17-27,28-18-9-5-10-19-28)29-20-11-6-12-21-29/h4-12,16-23,35H,3,13-15,24H2,1-2H3. The van der Waals surface area contributed by atoms with E-state index in [-0.39, 0.29) is 11.5 Å². The molecule has 0 saturated heterocycles. The Bertz CT molecular complexity index is 1220. The number of Topliss-reactive ketones (excluding diaryl/α,β-unsaturated/α-hetero) is 1. The van der Waals surface area contributed by atoms with Crippen molar-refractivity contribution in [2.24, 2.45) is 0 Å². The maximum atomic E-state index is 12.0. The molecule has 0 unspecified atom stereocenters. The zero-order valence-electron chi connectivity index (χ0n) is 21.0. The van der Waals surface area contributed by atoms with Crippen molar-refractivity contribution in [2.75, 3.05) is 6.16 Å². The molecule has 0 spiro atoms. The minimum absolute atomic E-state index is 0.0981. The molecule has 0 fully saturated rings. The third-order valence-electron chi connectivity index (χ3n) is 7.17. The van der Waals surface area contributed by atoms with Crippen LogP contribution >= 0.6 is 20.8 Å². The van der Waals surface area contributed by atoms with Gasteiger partial charge in [0.25, 0.3) is 0 Å². The van der Waals surface area contributed by atoms with Crippen LogP contribution in [-0.4, -0.2) is 17.1 Å². The number of hydrogen-bond acceptors (Lipinski definition) is 2. The van der Waals surface area contributed by atoms with Crippen LogP contribution in [0.3, 0.4) is 0 Å². The second-order valence-electron chi connectivity index (χ2n) is 9.42. The van der Waals surface area contributed by atoms with E-state index >= 15 is 0 Å². The zero-order valence-corrected chi connectivity index (χ0v) is 23.5.